The molecule has 0 aromatic heterocycles. The lowest BCUT2D eigenvalue weighted by atomic mass is 9.90. The van der Waals surface area contributed by atoms with Crippen LogP contribution in [0.2, 0.25) is 0 Å². The molecule has 0 saturated heterocycles. The monoisotopic (exact) mass is 287 g/mol. The van der Waals surface area contributed by atoms with Crippen molar-refractivity contribution in [3.8, 4) is 0 Å². The minimum Gasteiger partial charge on any atom is -0.480 e. The molecule has 0 spiro atoms. The number of rotatable bonds is 12. The number of carboxylic acid groups (broad SMARTS) is 1. The summed E-state index contributed by atoms with van der Waals surface area (Å²) in [5.41, 5.74) is -0.752. The van der Waals surface area contributed by atoms with Crippen LogP contribution in [0.1, 0.15) is 39.5 Å². The summed E-state index contributed by atoms with van der Waals surface area (Å²) in [4.78, 5) is 16.0. The Bertz CT molecular complexity index is 272. The molecule has 0 aliphatic carbocycles. The molecule has 0 heterocycles. The first-order valence-electron chi connectivity index (χ1n) is 7.69. The quantitative estimate of drug-likeness (QED) is 0.569. The number of likely N-dealkylation sites (N-methyl/N-ethyl adjacent to an activating group) is 2. The minimum absolute atomic E-state index is 0.629. The van der Waals surface area contributed by atoms with Crippen LogP contribution in [-0.2, 0) is 4.79 Å². The molecule has 0 saturated carbocycles. The van der Waals surface area contributed by atoms with Gasteiger partial charge in [-0.05, 0) is 59.9 Å². The predicted octanol–water partition coefficient (Wildman–Crippen LogP) is 1.49. The Kier molecular flexibility index (Phi) is 9.80. The minimum atomic E-state index is -0.752. The van der Waals surface area contributed by atoms with Gasteiger partial charge in [0.25, 0.3) is 0 Å². The molecular weight excluding hydrogens is 254 g/mol. The lowest BCUT2D eigenvalue weighted by molar-refractivity contribution is -0.145. The van der Waals surface area contributed by atoms with E-state index in [-0.39, 0.29) is 0 Å². The van der Waals surface area contributed by atoms with E-state index in [4.69, 9.17) is 0 Å². The van der Waals surface area contributed by atoms with E-state index >= 15 is 0 Å². The molecule has 0 aliphatic rings. The molecular formula is C15H33N3O2. The second-order valence-corrected chi connectivity index (χ2v) is 5.88. The van der Waals surface area contributed by atoms with Crippen molar-refractivity contribution in [2.45, 2.75) is 45.1 Å². The molecule has 0 aromatic carbocycles. The highest BCUT2D eigenvalue weighted by Crippen LogP contribution is 2.18. The number of carboxylic acids is 1. The van der Waals surface area contributed by atoms with Gasteiger partial charge in [0.2, 0.25) is 0 Å². The van der Waals surface area contributed by atoms with Gasteiger partial charge in [-0.2, -0.15) is 0 Å². The molecule has 1 unspecified atom stereocenters. The van der Waals surface area contributed by atoms with Gasteiger partial charge >= 0.3 is 5.97 Å². The third-order valence-corrected chi connectivity index (χ3v) is 3.80. The lowest BCUT2D eigenvalue weighted by Gasteiger charge is -2.30. The van der Waals surface area contributed by atoms with Gasteiger partial charge in [-0.3, -0.25) is 4.79 Å². The van der Waals surface area contributed by atoms with Crippen LogP contribution in [0.3, 0.4) is 0 Å². The van der Waals surface area contributed by atoms with Crippen molar-refractivity contribution in [3.63, 3.8) is 0 Å². The highest BCUT2D eigenvalue weighted by Gasteiger charge is 2.35. The number of aliphatic carboxylic acids is 1. The van der Waals surface area contributed by atoms with E-state index in [0.29, 0.717) is 12.8 Å². The summed E-state index contributed by atoms with van der Waals surface area (Å²) in [6, 6.07) is 0. The molecule has 0 fully saturated rings. The van der Waals surface area contributed by atoms with Crippen molar-refractivity contribution in [2.75, 3.05) is 47.3 Å². The van der Waals surface area contributed by atoms with E-state index in [2.05, 4.69) is 43.2 Å². The Labute approximate surface area is 124 Å². The number of nitrogens with one attached hydrogen (secondary N) is 1. The zero-order valence-corrected chi connectivity index (χ0v) is 13.9. The fraction of sp³-hybridized carbons (Fsp3) is 0.933. The van der Waals surface area contributed by atoms with Gasteiger partial charge in [0.05, 0.1) is 0 Å². The molecule has 0 amide bonds. The fourth-order valence-corrected chi connectivity index (χ4v) is 2.22. The first-order valence-corrected chi connectivity index (χ1v) is 7.69. The molecule has 1 atom stereocenters. The van der Waals surface area contributed by atoms with E-state index in [9.17, 15) is 9.90 Å². The lowest BCUT2D eigenvalue weighted by Crippen LogP contribution is -2.52. The van der Waals surface area contributed by atoms with E-state index in [1.165, 1.54) is 0 Å². The Morgan fingerprint density at radius 1 is 1.15 bits per heavy atom. The Morgan fingerprint density at radius 3 is 2.25 bits per heavy atom. The summed E-state index contributed by atoms with van der Waals surface area (Å²) in [6.07, 6.45) is 3.17. The van der Waals surface area contributed by atoms with Gasteiger partial charge in [0, 0.05) is 13.1 Å². The molecule has 0 aliphatic heterocycles. The molecule has 5 heteroatoms. The first-order chi connectivity index (χ1) is 9.38. The van der Waals surface area contributed by atoms with Crippen LogP contribution in [0.15, 0.2) is 0 Å². The third-order valence-electron chi connectivity index (χ3n) is 3.80. The SMILES string of the molecule is CCCNC(CC)(CCCN(C)CCN(C)C)C(=O)O. The second-order valence-electron chi connectivity index (χ2n) is 5.88. The first kappa shape index (κ1) is 19.4. The number of hydrogen-bond donors (Lipinski definition) is 2. The van der Waals surface area contributed by atoms with Crippen molar-refractivity contribution in [3.05, 3.63) is 0 Å². The van der Waals surface area contributed by atoms with E-state index in [1.807, 2.05) is 6.92 Å². The largest absolute Gasteiger partial charge is 0.480 e. The van der Waals surface area contributed by atoms with Crippen LogP contribution in [0.5, 0.6) is 0 Å². The van der Waals surface area contributed by atoms with Crippen molar-refractivity contribution < 1.29 is 9.90 Å². The van der Waals surface area contributed by atoms with Gasteiger partial charge in [-0.25, -0.2) is 0 Å². The molecule has 0 bridgehead atoms. The summed E-state index contributed by atoms with van der Waals surface area (Å²) in [5.74, 6) is -0.718. The second kappa shape index (κ2) is 10.1. The summed E-state index contributed by atoms with van der Waals surface area (Å²) in [7, 11) is 6.22. The number of carbonyl (C=O) groups is 1. The van der Waals surface area contributed by atoms with Gasteiger partial charge in [-0.15, -0.1) is 0 Å². The maximum absolute atomic E-state index is 11.6. The Balaban J connectivity index is 4.22. The number of hydrogen-bond acceptors (Lipinski definition) is 4. The maximum atomic E-state index is 11.6. The summed E-state index contributed by atoms with van der Waals surface area (Å²) in [5, 5.41) is 12.7. The van der Waals surface area contributed by atoms with Gasteiger partial charge < -0.3 is 20.2 Å². The van der Waals surface area contributed by atoms with Crippen LogP contribution in [0.4, 0.5) is 0 Å². The molecule has 2 N–H and O–H groups in total. The Morgan fingerprint density at radius 2 is 1.80 bits per heavy atom. The van der Waals surface area contributed by atoms with Crippen molar-refractivity contribution >= 4 is 5.97 Å². The highest BCUT2D eigenvalue weighted by atomic mass is 16.4. The van der Waals surface area contributed by atoms with Crippen LogP contribution in [-0.4, -0.2) is 73.7 Å². The summed E-state index contributed by atoms with van der Waals surface area (Å²) >= 11 is 0. The molecule has 120 valence electrons. The van der Waals surface area contributed by atoms with Crippen molar-refractivity contribution in [1.82, 2.24) is 15.1 Å². The fourth-order valence-electron chi connectivity index (χ4n) is 2.22. The normalized spacial score (nSPS) is 14.8. The molecule has 0 radical (unpaired) electrons. The maximum Gasteiger partial charge on any atom is 0.323 e. The van der Waals surface area contributed by atoms with Gasteiger partial charge in [-0.1, -0.05) is 13.8 Å². The van der Waals surface area contributed by atoms with Crippen LogP contribution < -0.4 is 5.32 Å². The molecule has 0 rings (SSSR count). The van der Waals surface area contributed by atoms with Crippen LogP contribution in [0, 0.1) is 0 Å². The van der Waals surface area contributed by atoms with E-state index in [1.54, 1.807) is 0 Å². The van der Waals surface area contributed by atoms with Gasteiger partial charge in [0.15, 0.2) is 0 Å². The predicted molar refractivity (Wildman–Crippen MR) is 84.2 cm³/mol. The third kappa shape index (κ3) is 7.22. The van der Waals surface area contributed by atoms with Gasteiger partial charge in [0.1, 0.15) is 5.54 Å². The zero-order valence-electron chi connectivity index (χ0n) is 13.9. The summed E-state index contributed by atoms with van der Waals surface area (Å²) in [6.45, 7) is 7.76. The zero-order chi connectivity index (χ0) is 15.6. The van der Waals surface area contributed by atoms with E-state index in [0.717, 1.165) is 39.0 Å². The number of nitrogens with zero attached hydrogens (tertiary/aromatic N) is 2. The molecule has 5 nitrogen and oxygen atoms in total. The topological polar surface area (TPSA) is 55.8 Å². The average Bonchev–Trinajstić information content (AvgIpc) is 2.40. The molecule has 0 aromatic rings. The average molecular weight is 287 g/mol. The smallest absolute Gasteiger partial charge is 0.323 e. The highest BCUT2D eigenvalue weighted by molar-refractivity contribution is 5.78. The summed E-state index contributed by atoms with van der Waals surface area (Å²) < 4.78 is 0. The van der Waals surface area contributed by atoms with Crippen molar-refractivity contribution in [1.29, 1.82) is 0 Å². The molecule has 20 heavy (non-hydrogen) atoms. The Hall–Kier alpha value is -0.650. The van der Waals surface area contributed by atoms with Crippen LogP contribution in [0.25, 0.3) is 0 Å². The standard InChI is InChI=1S/C15H33N3O2/c1-6-10-16-15(7-2,14(19)20)9-8-11-18(5)13-12-17(3)4/h16H,6-13H2,1-5H3,(H,19,20). The van der Waals surface area contributed by atoms with E-state index < -0.39 is 11.5 Å². The van der Waals surface area contributed by atoms with Crippen molar-refractivity contribution in [2.24, 2.45) is 0 Å². The van der Waals surface area contributed by atoms with Crippen LogP contribution >= 0.6 is 0 Å².